The Morgan fingerprint density at radius 3 is 2.15 bits per heavy atom. The number of ketones is 2. The van der Waals surface area contributed by atoms with Gasteiger partial charge in [-0.15, -0.1) is 0 Å². The molecule has 192 valence electrons. The molecule has 0 aromatic rings. The number of esters is 2. The van der Waals surface area contributed by atoms with E-state index in [1.165, 1.54) is 0 Å². The molecular formula is C26H41NO7. The second-order valence-electron chi connectivity index (χ2n) is 11.5. The molecule has 9 atom stereocenters. The van der Waals surface area contributed by atoms with Gasteiger partial charge >= 0.3 is 11.9 Å². The molecule has 34 heavy (non-hydrogen) atoms. The number of ether oxygens (including phenoxy) is 3. The van der Waals surface area contributed by atoms with Crippen LogP contribution in [0.15, 0.2) is 0 Å². The quantitative estimate of drug-likeness (QED) is 0.440. The summed E-state index contributed by atoms with van der Waals surface area (Å²) >= 11 is 0. The Labute approximate surface area is 203 Å². The van der Waals surface area contributed by atoms with E-state index in [2.05, 4.69) is 0 Å². The number of cyclic esters (lactones) is 1. The predicted octanol–water partition coefficient (Wildman–Crippen LogP) is 2.81. The van der Waals surface area contributed by atoms with E-state index in [1.54, 1.807) is 27.9 Å². The lowest BCUT2D eigenvalue weighted by Gasteiger charge is -2.43. The molecule has 0 N–H and O–H groups in total. The summed E-state index contributed by atoms with van der Waals surface area (Å²) in [6.45, 7) is 13.1. The molecule has 3 fully saturated rings. The highest BCUT2D eigenvalue weighted by Crippen LogP contribution is 2.55. The third kappa shape index (κ3) is 4.11. The van der Waals surface area contributed by atoms with Gasteiger partial charge in [-0.3, -0.25) is 24.1 Å². The van der Waals surface area contributed by atoms with Gasteiger partial charge < -0.3 is 14.2 Å². The van der Waals surface area contributed by atoms with Crippen LogP contribution in [-0.2, 0) is 33.4 Å². The van der Waals surface area contributed by atoms with Crippen LogP contribution in [0.3, 0.4) is 0 Å². The molecule has 0 aromatic heterocycles. The van der Waals surface area contributed by atoms with Crippen LogP contribution in [0.4, 0.5) is 0 Å². The van der Waals surface area contributed by atoms with Crippen molar-refractivity contribution < 1.29 is 33.4 Å². The molecule has 3 heterocycles. The zero-order valence-corrected chi connectivity index (χ0v) is 22.1. The first kappa shape index (κ1) is 26.8. The lowest BCUT2D eigenvalue weighted by molar-refractivity contribution is -0.187. The molecule has 0 radical (unpaired) electrons. The smallest absolute Gasteiger partial charge is 0.324 e. The van der Waals surface area contributed by atoms with Crippen molar-refractivity contribution in [3.8, 4) is 0 Å². The third-order valence-electron chi connectivity index (χ3n) is 8.75. The summed E-state index contributed by atoms with van der Waals surface area (Å²) in [4.78, 5) is 55.2. The largest absolute Gasteiger partial charge is 0.458 e. The molecule has 3 rings (SSSR count). The molecule has 3 aliphatic rings. The first-order chi connectivity index (χ1) is 15.6. The molecular weight excluding hydrogens is 438 g/mol. The number of rotatable bonds is 2. The normalized spacial score (nSPS) is 46.6. The van der Waals surface area contributed by atoms with Crippen LogP contribution in [0.5, 0.6) is 0 Å². The highest BCUT2D eigenvalue weighted by atomic mass is 16.6. The highest BCUT2D eigenvalue weighted by molar-refractivity contribution is 5.99. The average molecular weight is 480 g/mol. The SMILES string of the molecule is CC[C@@H]1OC(=O)[C@H](C)C(=O)[C@H](C)C[C@](C)(OC)C[C@@H](C)C(=O)[C@]2(C)CN(C)[C@H]3C(=O)O[C@@]1(C)C32. The van der Waals surface area contributed by atoms with Crippen molar-refractivity contribution in [2.45, 2.75) is 91.1 Å². The molecule has 3 aliphatic heterocycles. The zero-order valence-electron chi connectivity index (χ0n) is 22.1. The maximum atomic E-state index is 14.1. The van der Waals surface area contributed by atoms with E-state index >= 15 is 0 Å². The van der Waals surface area contributed by atoms with E-state index in [0.717, 1.165) is 0 Å². The minimum absolute atomic E-state index is 0.0326. The number of Topliss-reactive ketones (excluding diaryl/α,β-unsaturated/α-hetero) is 2. The van der Waals surface area contributed by atoms with Gasteiger partial charge in [0.1, 0.15) is 29.6 Å². The van der Waals surface area contributed by atoms with E-state index in [0.29, 0.717) is 25.8 Å². The number of methoxy groups -OCH3 is 1. The average Bonchev–Trinajstić information content (AvgIpc) is 3.22. The van der Waals surface area contributed by atoms with Gasteiger partial charge in [-0.2, -0.15) is 0 Å². The molecule has 3 saturated heterocycles. The number of hydrogen-bond donors (Lipinski definition) is 0. The van der Waals surface area contributed by atoms with Crippen LogP contribution in [0.25, 0.3) is 0 Å². The van der Waals surface area contributed by atoms with Gasteiger partial charge in [0, 0.05) is 36.8 Å². The van der Waals surface area contributed by atoms with Gasteiger partial charge in [-0.1, -0.05) is 27.7 Å². The van der Waals surface area contributed by atoms with Crippen LogP contribution < -0.4 is 0 Å². The van der Waals surface area contributed by atoms with E-state index < -0.39 is 58.5 Å². The fourth-order valence-electron chi connectivity index (χ4n) is 7.11. The second-order valence-corrected chi connectivity index (χ2v) is 11.5. The molecule has 0 saturated carbocycles. The van der Waals surface area contributed by atoms with Crippen molar-refractivity contribution in [1.82, 2.24) is 4.90 Å². The van der Waals surface area contributed by atoms with Crippen LogP contribution >= 0.6 is 0 Å². The molecule has 0 aliphatic carbocycles. The number of carbonyl (C=O) groups is 4. The van der Waals surface area contributed by atoms with Crippen LogP contribution in [-0.4, -0.2) is 72.5 Å². The van der Waals surface area contributed by atoms with Crippen LogP contribution in [0.2, 0.25) is 0 Å². The van der Waals surface area contributed by atoms with Crippen molar-refractivity contribution in [2.75, 3.05) is 20.7 Å². The number of likely N-dealkylation sites (tertiary alicyclic amines) is 1. The fraction of sp³-hybridized carbons (Fsp3) is 0.846. The molecule has 0 bridgehead atoms. The Kier molecular flexibility index (Phi) is 7.10. The Bertz CT molecular complexity index is 873. The summed E-state index contributed by atoms with van der Waals surface area (Å²) in [7, 11) is 3.42. The monoisotopic (exact) mass is 479 g/mol. The lowest BCUT2D eigenvalue weighted by atomic mass is 9.62. The highest BCUT2D eigenvalue weighted by Gasteiger charge is 2.70. The minimum atomic E-state index is -1.19. The summed E-state index contributed by atoms with van der Waals surface area (Å²) in [6, 6.07) is -0.598. The van der Waals surface area contributed by atoms with Crippen molar-refractivity contribution in [1.29, 1.82) is 0 Å². The summed E-state index contributed by atoms with van der Waals surface area (Å²) < 4.78 is 17.7. The van der Waals surface area contributed by atoms with Crippen molar-refractivity contribution >= 4 is 23.5 Å². The summed E-state index contributed by atoms with van der Waals surface area (Å²) in [5.41, 5.74) is -2.80. The molecule has 8 heteroatoms. The summed E-state index contributed by atoms with van der Waals surface area (Å²) in [5, 5.41) is 0. The van der Waals surface area contributed by atoms with Crippen LogP contribution in [0, 0.1) is 29.1 Å². The van der Waals surface area contributed by atoms with Crippen LogP contribution in [0.1, 0.15) is 67.7 Å². The minimum Gasteiger partial charge on any atom is -0.458 e. The van der Waals surface area contributed by atoms with Crippen molar-refractivity contribution in [3.63, 3.8) is 0 Å². The van der Waals surface area contributed by atoms with E-state index in [-0.39, 0.29) is 17.5 Å². The number of likely N-dealkylation sites (N-methyl/N-ethyl adjacent to an activating group) is 1. The van der Waals surface area contributed by atoms with Gasteiger partial charge in [0.05, 0.1) is 5.60 Å². The predicted molar refractivity (Wildman–Crippen MR) is 125 cm³/mol. The lowest BCUT2D eigenvalue weighted by Crippen LogP contribution is -2.56. The maximum absolute atomic E-state index is 14.1. The summed E-state index contributed by atoms with van der Waals surface area (Å²) in [5.74, 6) is -3.50. The van der Waals surface area contributed by atoms with Crippen molar-refractivity contribution in [2.24, 2.45) is 29.1 Å². The maximum Gasteiger partial charge on any atom is 0.324 e. The Morgan fingerprint density at radius 1 is 1.00 bits per heavy atom. The first-order valence-electron chi connectivity index (χ1n) is 12.4. The molecule has 0 aromatic carbocycles. The Balaban J connectivity index is 2.15. The Hall–Kier alpha value is -1.80. The van der Waals surface area contributed by atoms with Gasteiger partial charge in [-0.05, 0) is 47.1 Å². The first-order valence-corrected chi connectivity index (χ1v) is 12.4. The van der Waals surface area contributed by atoms with Gasteiger partial charge in [0.15, 0.2) is 5.60 Å². The molecule has 0 amide bonds. The van der Waals surface area contributed by atoms with Gasteiger partial charge in [0.2, 0.25) is 0 Å². The second kappa shape index (κ2) is 9.01. The van der Waals surface area contributed by atoms with Crippen molar-refractivity contribution in [3.05, 3.63) is 0 Å². The fourth-order valence-corrected chi connectivity index (χ4v) is 7.11. The molecule has 0 spiro atoms. The third-order valence-corrected chi connectivity index (χ3v) is 8.75. The zero-order chi connectivity index (χ0) is 25.8. The van der Waals surface area contributed by atoms with E-state index in [1.807, 2.05) is 39.6 Å². The Morgan fingerprint density at radius 2 is 1.59 bits per heavy atom. The molecule has 1 unspecified atom stereocenters. The van der Waals surface area contributed by atoms with E-state index in [9.17, 15) is 19.2 Å². The molecule has 8 nitrogen and oxygen atoms in total. The standard InChI is InChI=1S/C26H41NO7/c1-10-17-26(7)20-18(23(31)34-26)27(8)13-25(20,6)21(29)15(3)12-24(5,32-9)11-14(2)19(28)16(4)22(30)33-17/h14-18,20H,10-13H2,1-9H3/t14-,15-,16-,17+,18-,20?,24+,25-,26-/m1/s1. The summed E-state index contributed by atoms with van der Waals surface area (Å²) in [6.07, 6.45) is 0.431. The number of hydrogen-bond acceptors (Lipinski definition) is 8. The van der Waals surface area contributed by atoms with Gasteiger partial charge in [-0.25, -0.2) is 0 Å². The number of carbonyl (C=O) groups excluding carboxylic acids is 4. The topological polar surface area (TPSA) is 99.2 Å². The van der Waals surface area contributed by atoms with E-state index in [4.69, 9.17) is 14.2 Å². The number of nitrogens with zero attached hydrogens (tertiary/aromatic N) is 1. The van der Waals surface area contributed by atoms with Gasteiger partial charge in [0.25, 0.3) is 0 Å².